The molecular weight excluding hydrogens is 338 g/mol. The second-order valence-electron chi connectivity index (χ2n) is 7.04. The van der Waals surface area contributed by atoms with Crippen LogP contribution in [-0.4, -0.2) is 35.8 Å². The van der Waals surface area contributed by atoms with Crippen LogP contribution in [0.25, 0.3) is 0 Å². The van der Waals surface area contributed by atoms with Gasteiger partial charge in [-0.15, -0.1) is 12.4 Å². The summed E-state index contributed by atoms with van der Waals surface area (Å²) in [6.07, 6.45) is 3.62. The van der Waals surface area contributed by atoms with Crippen LogP contribution in [0.1, 0.15) is 38.7 Å². The zero-order chi connectivity index (χ0) is 17.5. The maximum absolute atomic E-state index is 12.6. The predicted octanol–water partition coefficient (Wildman–Crippen LogP) is 2.34. The summed E-state index contributed by atoms with van der Waals surface area (Å²) in [5, 5.41) is 2.68. The highest BCUT2D eigenvalue weighted by molar-refractivity contribution is 5.87. The Morgan fingerprint density at radius 2 is 1.88 bits per heavy atom. The molecule has 1 aliphatic carbocycles. The van der Waals surface area contributed by atoms with Crippen LogP contribution >= 0.6 is 12.4 Å². The van der Waals surface area contributed by atoms with Gasteiger partial charge in [0.2, 0.25) is 11.8 Å². The number of carbonyl (C=O) groups is 2. The summed E-state index contributed by atoms with van der Waals surface area (Å²) in [5.74, 6) is 0.332. The minimum Gasteiger partial charge on any atom is -0.346 e. The highest BCUT2D eigenvalue weighted by Crippen LogP contribution is 2.27. The highest BCUT2D eigenvalue weighted by Gasteiger charge is 2.25. The van der Waals surface area contributed by atoms with Crippen LogP contribution in [0.2, 0.25) is 0 Å². The Morgan fingerprint density at radius 3 is 2.40 bits per heavy atom. The first-order valence-corrected chi connectivity index (χ1v) is 8.82. The number of hydrogen-bond acceptors (Lipinski definition) is 3. The molecule has 5 nitrogen and oxygen atoms in total. The van der Waals surface area contributed by atoms with Crippen LogP contribution in [0.4, 0.5) is 0 Å². The first-order valence-electron chi connectivity index (χ1n) is 8.82. The number of nitrogens with two attached hydrogens (primary N) is 1. The molecule has 0 heterocycles. The maximum Gasteiger partial charge on any atom is 0.242 e. The van der Waals surface area contributed by atoms with Crippen molar-refractivity contribution in [1.29, 1.82) is 0 Å². The predicted molar refractivity (Wildman–Crippen MR) is 102 cm³/mol. The average Bonchev–Trinajstić information content (AvgIpc) is 2.54. The topological polar surface area (TPSA) is 75.4 Å². The van der Waals surface area contributed by atoms with E-state index in [0.29, 0.717) is 12.5 Å². The Labute approximate surface area is 156 Å². The van der Waals surface area contributed by atoms with Crippen molar-refractivity contribution in [3.8, 4) is 0 Å². The Hall–Kier alpha value is -1.59. The summed E-state index contributed by atoms with van der Waals surface area (Å²) in [4.78, 5) is 26.4. The van der Waals surface area contributed by atoms with Gasteiger partial charge in [-0.05, 0) is 30.2 Å². The zero-order valence-electron chi connectivity index (χ0n) is 15.1. The van der Waals surface area contributed by atoms with Gasteiger partial charge in [-0.1, -0.05) is 50.6 Å². The second-order valence-corrected chi connectivity index (χ2v) is 7.04. The Morgan fingerprint density at radius 1 is 1.24 bits per heavy atom. The van der Waals surface area contributed by atoms with E-state index in [0.717, 1.165) is 12.1 Å². The number of nitrogens with zero attached hydrogens (tertiary/aromatic N) is 1. The maximum atomic E-state index is 12.6. The normalized spacial score (nSPS) is 15.0. The average molecular weight is 368 g/mol. The number of amides is 2. The fourth-order valence-corrected chi connectivity index (χ4v) is 2.74. The number of rotatable bonds is 8. The standard InChI is InChI=1S/C19H29N3O2.ClH/c1-14(2)18(20)19(24)21-11-17(23)22(13-16-9-6-10-16)12-15-7-4-3-5-8-15;/h3-5,7-8,14,16,18H,6,9-13,20H2,1-2H3,(H,21,24);1H/t18-;/m0./s1. The molecule has 0 aliphatic heterocycles. The molecule has 1 atom stereocenters. The number of hydrogen-bond donors (Lipinski definition) is 2. The molecule has 2 amide bonds. The number of benzene rings is 1. The third-order valence-electron chi connectivity index (χ3n) is 4.71. The van der Waals surface area contributed by atoms with Crippen LogP contribution in [0.5, 0.6) is 0 Å². The lowest BCUT2D eigenvalue weighted by Crippen LogP contribution is -2.48. The van der Waals surface area contributed by atoms with Crippen molar-refractivity contribution in [2.75, 3.05) is 13.1 Å². The van der Waals surface area contributed by atoms with Gasteiger partial charge >= 0.3 is 0 Å². The summed E-state index contributed by atoms with van der Waals surface area (Å²) in [6.45, 7) is 5.15. The van der Waals surface area contributed by atoms with E-state index in [9.17, 15) is 9.59 Å². The number of nitrogens with one attached hydrogen (secondary N) is 1. The lowest BCUT2D eigenvalue weighted by Gasteiger charge is -2.32. The molecule has 25 heavy (non-hydrogen) atoms. The molecule has 0 saturated heterocycles. The summed E-state index contributed by atoms with van der Waals surface area (Å²) in [7, 11) is 0. The van der Waals surface area contributed by atoms with Crippen molar-refractivity contribution in [1.82, 2.24) is 10.2 Å². The van der Waals surface area contributed by atoms with Gasteiger partial charge in [0.15, 0.2) is 0 Å². The molecule has 1 fully saturated rings. The van der Waals surface area contributed by atoms with Gasteiger partial charge in [-0.25, -0.2) is 0 Å². The van der Waals surface area contributed by atoms with Crippen LogP contribution in [0.3, 0.4) is 0 Å². The molecule has 1 saturated carbocycles. The summed E-state index contributed by atoms with van der Waals surface area (Å²) in [5.41, 5.74) is 6.93. The van der Waals surface area contributed by atoms with Gasteiger partial charge < -0.3 is 16.0 Å². The van der Waals surface area contributed by atoms with Gasteiger partial charge in [0, 0.05) is 13.1 Å². The molecule has 0 unspecified atom stereocenters. The fourth-order valence-electron chi connectivity index (χ4n) is 2.74. The Bertz CT molecular complexity index is 547. The Balaban J connectivity index is 0.00000312. The van der Waals surface area contributed by atoms with Crippen LogP contribution in [0.15, 0.2) is 30.3 Å². The molecule has 1 aromatic carbocycles. The molecule has 0 spiro atoms. The van der Waals surface area contributed by atoms with Crippen molar-refractivity contribution >= 4 is 24.2 Å². The second kappa shape index (κ2) is 10.4. The van der Waals surface area contributed by atoms with Gasteiger partial charge in [0.1, 0.15) is 0 Å². The zero-order valence-corrected chi connectivity index (χ0v) is 15.9. The van der Waals surface area contributed by atoms with Crippen LogP contribution < -0.4 is 11.1 Å². The molecule has 0 aromatic heterocycles. The molecule has 3 N–H and O–H groups in total. The third kappa shape index (κ3) is 6.67. The molecule has 0 radical (unpaired) electrons. The summed E-state index contributed by atoms with van der Waals surface area (Å²) < 4.78 is 0. The molecule has 2 rings (SSSR count). The monoisotopic (exact) mass is 367 g/mol. The van der Waals surface area contributed by atoms with E-state index in [2.05, 4.69) is 5.32 Å². The first kappa shape index (κ1) is 21.5. The van der Waals surface area contributed by atoms with E-state index >= 15 is 0 Å². The molecule has 6 heteroatoms. The van der Waals surface area contributed by atoms with E-state index in [1.807, 2.05) is 49.1 Å². The molecule has 140 valence electrons. The van der Waals surface area contributed by atoms with E-state index in [4.69, 9.17) is 5.73 Å². The van der Waals surface area contributed by atoms with Gasteiger partial charge in [-0.3, -0.25) is 9.59 Å². The summed E-state index contributed by atoms with van der Waals surface area (Å²) in [6, 6.07) is 9.39. The van der Waals surface area contributed by atoms with Crippen molar-refractivity contribution in [2.45, 2.75) is 45.7 Å². The van der Waals surface area contributed by atoms with E-state index < -0.39 is 6.04 Å². The fraction of sp³-hybridized carbons (Fsp3) is 0.579. The SMILES string of the molecule is CC(C)[C@H](N)C(=O)NCC(=O)N(Cc1ccccc1)CC1CCC1.Cl. The van der Waals surface area contributed by atoms with Crippen molar-refractivity contribution in [3.05, 3.63) is 35.9 Å². The molecule has 1 aromatic rings. The van der Waals surface area contributed by atoms with E-state index in [1.165, 1.54) is 19.3 Å². The minimum atomic E-state index is -0.577. The first-order chi connectivity index (χ1) is 11.5. The van der Waals surface area contributed by atoms with Gasteiger partial charge in [0.25, 0.3) is 0 Å². The van der Waals surface area contributed by atoms with E-state index in [-0.39, 0.29) is 36.7 Å². The molecule has 1 aliphatic rings. The summed E-state index contributed by atoms with van der Waals surface area (Å²) >= 11 is 0. The van der Waals surface area contributed by atoms with Gasteiger partial charge in [-0.2, -0.15) is 0 Å². The van der Waals surface area contributed by atoms with Crippen LogP contribution in [0, 0.1) is 11.8 Å². The van der Waals surface area contributed by atoms with Crippen LogP contribution in [-0.2, 0) is 16.1 Å². The van der Waals surface area contributed by atoms with E-state index in [1.54, 1.807) is 0 Å². The minimum absolute atomic E-state index is 0. The number of halogens is 1. The number of carbonyl (C=O) groups excluding carboxylic acids is 2. The third-order valence-corrected chi connectivity index (χ3v) is 4.71. The quantitative estimate of drug-likeness (QED) is 0.740. The highest BCUT2D eigenvalue weighted by atomic mass is 35.5. The Kier molecular flexibility index (Phi) is 8.93. The van der Waals surface area contributed by atoms with Gasteiger partial charge in [0.05, 0.1) is 12.6 Å². The van der Waals surface area contributed by atoms with Crippen molar-refractivity contribution in [3.63, 3.8) is 0 Å². The molecular formula is C19H30ClN3O2. The largest absolute Gasteiger partial charge is 0.346 e. The lowest BCUT2D eigenvalue weighted by molar-refractivity contribution is -0.134. The molecule has 0 bridgehead atoms. The lowest BCUT2D eigenvalue weighted by atomic mass is 9.85. The smallest absolute Gasteiger partial charge is 0.242 e. The van der Waals surface area contributed by atoms with Crippen molar-refractivity contribution in [2.24, 2.45) is 17.6 Å². The van der Waals surface area contributed by atoms with Crippen molar-refractivity contribution < 1.29 is 9.59 Å².